The first-order valence-corrected chi connectivity index (χ1v) is 6.92. The molecule has 0 aliphatic heterocycles. The molecule has 2 nitrogen and oxygen atoms in total. The van der Waals surface area contributed by atoms with Crippen LogP contribution >= 0.6 is 0 Å². The number of aliphatic imine (C=N–C) groups is 1. The molecule has 3 aromatic carbocycles. The molecule has 0 amide bonds. The van der Waals surface area contributed by atoms with Crippen molar-refractivity contribution in [2.24, 2.45) is 4.99 Å². The average Bonchev–Trinajstić information content (AvgIpc) is 2.56. The zero-order valence-corrected chi connectivity index (χ0v) is 11.6. The molecule has 0 atom stereocenters. The minimum atomic E-state index is 0.921. The molecule has 0 saturated heterocycles. The van der Waals surface area contributed by atoms with Crippen LogP contribution in [0, 0.1) is 0 Å². The molecule has 21 heavy (non-hydrogen) atoms. The minimum absolute atomic E-state index is 0.921. The molecule has 0 aliphatic carbocycles. The maximum absolute atomic E-state index is 4.59. The quantitative estimate of drug-likeness (QED) is 0.650. The van der Waals surface area contributed by atoms with Crippen LogP contribution in [0.15, 0.2) is 89.9 Å². The minimum Gasteiger partial charge on any atom is -0.354 e. The summed E-state index contributed by atoms with van der Waals surface area (Å²) in [6.07, 6.45) is 1.88. The Morgan fingerprint density at radius 2 is 1.29 bits per heavy atom. The Hall–Kier alpha value is -2.87. The van der Waals surface area contributed by atoms with Gasteiger partial charge >= 0.3 is 0 Å². The lowest BCUT2D eigenvalue weighted by atomic mass is 10.2. The molecule has 3 aromatic rings. The zero-order chi connectivity index (χ0) is 14.3. The lowest BCUT2D eigenvalue weighted by molar-refractivity contribution is 1.48. The highest BCUT2D eigenvalue weighted by Gasteiger charge is 1.99. The first-order valence-electron chi connectivity index (χ1n) is 6.92. The Balaban J connectivity index is 1.84. The molecule has 0 saturated carbocycles. The predicted molar refractivity (Wildman–Crippen MR) is 89.9 cm³/mol. The first kappa shape index (κ1) is 13.1. The maximum Gasteiger partial charge on any atom is 0.0864 e. The third kappa shape index (κ3) is 3.57. The van der Waals surface area contributed by atoms with E-state index in [0.29, 0.717) is 0 Å². The number of nitrogens with zero attached hydrogens (tertiary/aromatic N) is 1. The lowest BCUT2D eigenvalue weighted by Gasteiger charge is -2.08. The van der Waals surface area contributed by atoms with Crippen molar-refractivity contribution in [3.05, 3.63) is 90.5 Å². The molecule has 1 N–H and O–H groups in total. The van der Waals surface area contributed by atoms with Gasteiger partial charge in [0.25, 0.3) is 0 Å². The van der Waals surface area contributed by atoms with Gasteiger partial charge in [-0.05, 0) is 29.8 Å². The predicted octanol–water partition coefficient (Wildman–Crippen LogP) is 5.18. The number of anilines is 2. The molecule has 102 valence electrons. The fourth-order valence-corrected chi connectivity index (χ4v) is 2.05. The summed E-state index contributed by atoms with van der Waals surface area (Å²) in [7, 11) is 0. The number of rotatable bonds is 4. The normalized spacial score (nSPS) is 10.7. The van der Waals surface area contributed by atoms with Gasteiger partial charge in [0.05, 0.1) is 11.4 Å². The van der Waals surface area contributed by atoms with Gasteiger partial charge in [-0.3, -0.25) is 4.99 Å². The highest BCUT2D eigenvalue weighted by molar-refractivity contribution is 5.84. The molecule has 2 heteroatoms. The number of benzene rings is 3. The summed E-state index contributed by atoms with van der Waals surface area (Å²) >= 11 is 0. The molecule has 0 unspecified atom stereocenters. The van der Waals surface area contributed by atoms with Crippen LogP contribution in [-0.4, -0.2) is 6.21 Å². The van der Waals surface area contributed by atoms with Crippen molar-refractivity contribution in [3.63, 3.8) is 0 Å². The van der Waals surface area contributed by atoms with E-state index in [-0.39, 0.29) is 0 Å². The largest absolute Gasteiger partial charge is 0.354 e. The molecule has 3 rings (SSSR count). The van der Waals surface area contributed by atoms with Gasteiger partial charge in [-0.1, -0.05) is 60.7 Å². The molecule has 0 fully saturated rings. The van der Waals surface area contributed by atoms with E-state index in [9.17, 15) is 0 Å². The Morgan fingerprint density at radius 1 is 0.667 bits per heavy atom. The molecule has 0 heterocycles. The summed E-state index contributed by atoms with van der Waals surface area (Å²) in [4.78, 5) is 4.59. The van der Waals surface area contributed by atoms with Crippen molar-refractivity contribution in [1.82, 2.24) is 0 Å². The molecule has 0 spiro atoms. The molecule has 0 bridgehead atoms. The summed E-state index contributed by atoms with van der Waals surface area (Å²) in [5.41, 5.74) is 4.06. The Labute approximate surface area is 124 Å². The summed E-state index contributed by atoms with van der Waals surface area (Å²) in [5, 5.41) is 3.40. The monoisotopic (exact) mass is 272 g/mol. The van der Waals surface area contributed by atoms with Gasteiger partial charge in [0.2, 0.25) is 0 Å². The van der Waals surface area contributed by atoms with Crippen LogP contribution < -0.4 is 5.32 Å². The van der Waals surface area contributed by atoms with Crippen molar-refractivity contribution < 1.29 is 0 Å². The highest BCUT2D eigenvalue weighted by Crippen LogP contribution is 2.27. The Kier molecular flexibility index (Phi) is 4.08. The van der Waals surface area contributed by atoms with Crippen LogP contribution in [-0.2, 0) is 0 Å². The topological polar surface area (TPSA) is 24.4 Å². The molecular weight excluding hydrogens is 256 g/mol. The molecule has 0 aliphatic rings. The van der Waals surface area contributed by atoms with Crippen LogP contribution in [0.25, 0.3) is 0 Å². The van der Waals surface area contributed by atoms with E-state index in [1.165, 1.54) is 0 Å². The molecular formula is C19H16N2. The number of nitrogens with one attached hydrogen (secondary N) is 1. The van der Waals surface area contributed by atoms with Gasteiger partial charge in [0, 0.05) is 11.9 Å². The summed E-state index contributed by atoms with van der Waals surface area (Å²) in [5.74, 6) is 0. The lowest BCUT2D eigenvalue weighted by Crippen LogP contribution is -1.90. The number of para-hydroxylation sites is 3. The molecule has 0 aromatic heterocycles. The zero-order valence-electron chi connectivity index (χ0n) is 11.6. The van der Waals surface area contributed by atoms with Gasteiger partial charge in [0.15, 0.2) is 0 Å². The van der Waals surface area contributed by atoms with Gasteiger partial charge < -0.3 is 5.32 Å². The second-order valence-electron chi connectivity index (χ2n) is 4.68. The Morgan fingerprint density at radius 3 is 2.05 bits per heavy atom. The van der Waals surface area contributed by atoms with Crippen LogP contribution in [0.4, 0.5) is 17.1 Å². The number of hydrogen-bond donors (Lipinski definition) is 1. The van der Waals surface area contributed by atoms with E-state index >= 15 is 0 Å². The fraction of sp³-hybridized carbons (Fsp3) is 0. The standard InChI is InChI=1S/C19H16N2/c1-3-9-16(10-4-1)15-20-18-13-7-8-14-19(18)21-17-11-5-2-6-12-17/h1-15,21H. The van der Waals surface area contributed by atoms with Crippen molar-refractivity contribution in [1.29, 1.82) is 0 Å². The van der Waals surface area contributed by atoms with E-state index < -0.39 is 0 Å². The second-order valence-corrected chi connectivity index (χ2v) is 4.68. The van der Waals surface area contributed by atoms with E-state index in [2.05, 4.69) is 10.3 Å². The van der Waals surface area contributed by atoms with Crippen molar-refractivity contribution in [3.8, 4) is 0 Å². The second kappa shape index (κ2) is 6.53. The van der Waals surface area contributed by atoms with Gasteiger partial charge in [0.1, 0.15) is 0 Å². The highest BCUT2D eigenvalue weighted by atomic mass is 14.9. The van der Waals surface area contributed by atoms with Crippen LogP contribution in [0.3, 0.4) is 0 Å². The molecule has 0 radical (unpaired) electrons. The van der Waals surface area contributed by atoms with Crippen LogP contribution in [0.2, 0.25) is 0 Å². The van der Waals surface area contributed by atoms with E-state index in [1.807, 2.05) is 91.1 Å². The van der Waals surface area contributed by atoms with Crippen molar-refractivity contribution in [2.45, 2.75) is 0 Å². The van der Waals surface area contributed by atoms with Gasteiger partial charge in [-0.15, -0.1) is 0 Å². The van der Waals surface area contributed by atoms with Gasteiger partial charge in [-0.25, -0.2) is 0 Å². The van der Waals surface area contributed by atoms with Crippen LogP contribution in [0.1, 0.15) is 5.56 Å². The summed E-state index contributed by atoms with van der Waals surface area (Å²) in [6, 6.07) is 28.2. The third-order valence-corrected chi connectivity index (χ3v) is 3.11. The Bertz CT molecular complexity index is 719. The van der Waals surface area contributed by atoms with E-state index in [1.54, 1.807) is 0 Å². The summed E-state index contributed by atoms with van der Waals surface area (Å²) in [6.45, 7) is 0. The van der Waals surface area contributed by atoms with Gasteiger partial charge in [-0.2, -0.15) is 0 Å². The first-order chi connectivity index (χ1) is 10.4. The third-order valence-electron chi connectivity index (χ3n) is 3.11. The summed E-state index contributed by atoms with van der Waals surface area (Å²) < 4.78 is 0. The number of hydrogen-bond acceptors (Lipinski definition) is 2. The van der Waals surface area contributed by atoms with Crippen molar-refractivity contribution in [2.75, 3.05) is 5.32 Å². The van der Waals surface area contributed by atoms with E-state index in [0.717, 1.165) is 22.6 Å². The maximum atomic E-state index is 4.59. The van der Waals surface area contributed by atoms with Crippen LogP contribution in [0.5, 0.6) is 0 Å². The fourth-order valence-electron chi connectivity index (χ4n) is 2.05. The van der Waals surface area contributed by atoms with E-state index in [4.69, 9.17) is 0 Å². The smallest absolute Gasteiger partial charge is 0.0864 e. The SMILES string of the molecule is C(=Nc1ccccc1Nc1ccccc1)c1ccccc1. The average molecular weight is 272 g/mol. The van der Waals surface area contributed by atoms with Crippen molar-refractivity contribution >= 4 is 23.3 Å².